The number of aryl methyl sites for hydroxylation is 2. The van der Waals surface area contributed by atoms with Crippen molar-refractivity contribution in [3.8, 4) is 0 Å². The lowest BCUT2D eigenvalue weighted by Gasteiger charge is -2.18. The van der Waals surface area contributed by atoms with Gasteiger partial charge in [-0.2, -0.15) is 0 Å². The van der Waals surface area contributed by atoms with Crippen molar-refractivity contribution in [2.75, 3.05) is 6.54 Å². The van der Waals surface area contributed by atoms with E-state index in [4.69, 9.17) is 5.11 Å². The maximum absolute atomic E-state index is 12.0. The summed E-state index contributed by atoms with van der Waals surface area (Å²) in [5, 5.41) is 13.9. The average Bonchev–Trinajstić information content (AvgIpc) is 2.44. The van der Waals surface area contributed by atoms with E-state index in [1.807, 2.05) is 19.9 Å². The van der Waals surface area contributed by atoms with Crippen LogP contribution in [0.5, 0.6) is 0 Å². The highest BCUT2D eigenvalue weighted by Crippen LogP contribution is 2.09. The molecule has 6 nitrogen and oxygen atoms in total. The van der Waals surface area contributed by atoms with Crippen molar-refractivity contribution in [1.82, 2.24) is 10.6 Å². The van der Waals surface area contributed by atoms with Gasteiger partial charge in [0, 0.05) is 5.56 Å². The first-order valence-electron chi connectivity index (χ1n) is 7.10. The topological polar surface area (TPSA) is 95.5 Å². The first-order chi connectivity index (χ1) is 10.2. The maximum atomic E-state index is 12.0. The molecule has 0 radical (unpaired) electrons. The molecule has 3 N–H and O–H groups in total. The molecule has 0 saturated heterocycles. The molecule has 2 amide bonds. The van der Waals surface area contributed by atoms with Crippen molar-refractivity contribution in [2.24, 2.45) is 5.92 Å². The highest BCUT2D eigenvalue weighted by Gasteiger charge is 2.23. The molecule has 0 spiro atoms. The smallest absolute Gasteiger partial charge is 0.326 e. The standard InChI is InChI=1S/C16H22N2O4/c1-9(2)14(16(21)22)18-13(19)8-17-15(20)12-6-5-10(3)11(4)7-12/h5-7,9,14H,8H2,1-4H3,(H,17,20)(H,18,19)(H,21,22)/t14-/m0/s1. The van der Waals surface area contributed by atoms with Crippen molar-refractivity contribution in [3.05, 3.63) is 34.9 Å². The fourth-order valence-corrected chi connectivity index (χ4v) is 1.88. The van der Waals surface area contributed by atoms with Crippen LogP contribution in [-0.4, -0.2) is 35.5 Å². The van der Waals surface area contributed by atoms with Crippen LogP contribution in [0.15, 0.2) is 18.2 Å². The molecule has 22 heavy (non-hydrogen) atoms. The molecule has 1 rings (SSSR count). The van der Waals surface area contributed by atoms with E-state index < -0.39 is 17.9 Å². The third-order valence-electron chi connectivity index (χ3n) is 3.43. The van der Waals surface area contributed by atoms with Gasteiger partial charge in [0.15, 0.2) is 0 Å². The number of amides is 2. The number of nitrogens with one attached hydrogen (secondary N) is 2. The number of rotatable bonds is 6. The highest BCUT2D eigenvalue weighted by atomic mass is 16.4. The van der Waals surface area contributed by atoms with Gasteiger partial charge < -0.3 is 15.7 Å². The maximum Gasteiger partial charge on any atom is 0.326 e. The highest BCUT2D eigenvalue weighted by molar-refractivity contribution is 5.97. The van der Waals surface area contributed by atoms with Crippen LogP contribution < -0.4 is 10.6 Å². The fraction of sp³-hybridized carbons (Fsp3) is 0.438. The van der Waals surface area contributed by atoms with E-state index in [1.165, 1.54) is 0 Å². The molecule has 0 aromatic heterocycles. The van der Waals surface area contributed by atoms with Gasteiger partial charge >= 0.3 is 5.97 Å². The Labute approximate surface area is 129 Å². The van der Waals surface area contributed by atoms with Crippen LogP contribution in [0.3, 0.4) is 0 Å². The number of benzene rings is 1. The zero-order valence-electron chi connectivity index (χ0n) is 13.3. The van der Waals surface area contributed by atoms with Crippen LogP contribution >= 0.6 is 0 Å². The normalized spacial score (nSPS) is 11.9. The number of carbonyl (C=O) groups is 3. The Balaban J connectivity index is 2.58. The molecule has 0 bridgehead atoms. The van der Waals surface area contributed by atoms with Gasteiger partial charge in [-0.05, 0) is 43.0 Å². The van der Waals surface area contributed by atoms with Gasteiger partial charge in [0.25, 0.3) is 5.91 Å². The lowest BCUT2D eigenvalue weighted by Crippen LogP contribution is -2.48. The molecule has 0 saturated carbocycles. The second-order valence-electron chi connectivity index (χ2n) is 5.61. The Hall–Kier alpha value is -2.37. The summed E-state index contributed by atoms with van der Waals surface area (Å²) >= 11 is 0. The largest absolute Gasteiger partial charge is 0.480 e. The van der Waals surface area contributed by atoms with Crippen LogP contribution in [0.1, 0.15) is 35.3 Å². The number of carbonyl (C=O) groups excluding carboxylic acids is 2. The Morgan fingerprint density at radius 2 is 1.77 bits per heavy atom. The Morgan fingerprint density at radius 1 is 1.14 bits per heavy atom. The van der Waals surface area contributed by atoms with Crippen LogP contribution in [0.2, 0.25) is 0 Å². The van der Waals surface area contributed by atoms with E-state index in [0.717, 1.165) is 11.1 Å². The number of carboxylic acids is 1. The SMILES string of the molecule is Cc1ccc(C(=O)NCC(=O)N[C@H](C(=O)O)C(C)C)cc1C. The molecular weight excluding hydrogens is 284 g/mol. The summed E-state index contributed by atoms with van der Waals surface area (Å²) in [4.78, 5) is 34.7. The number of aliphatic carboxylic acids is 1. The molecule has 0 fully saturated rings. The summed E-state index contributed by atoms with van der Waals surface area (Å²) in [7, 11) is 0. The minimum absolute atomic E-state index is 0.239. The van der Waals surface area contributed by atoms with Crippen molar-refractivity contribution < 1.29 is 19.5 Å². The van der Waals surface area contributed by atoms with Gasteiger partial charge in [0.05, 0.1) is 6.54 Å². The molecule has 0 unspecified atom stereocenters. The first kappa shape index (κ1) is 17.7. The second-order valence-corrected chi connectivity index (χ2v) is 5.61. The number of hydrogen-bond acceptors (Lipinski definition) is 3. The summed E-state index contributed by atoms with van der Waals surface area (Å²) in [6.45, 7) is 6.99. The van der Waals surface area contributed by atoms with Gasteiger partial charge in [-0.25, -0.2) is 4.79 Å². The predicted molar refractivity (Wildman–Crippen MR) is 82.7 cm³/mol. The quantitative estimate of drug-likeness (QED) is 0.737. The van der Waals surface area contributed by atoms with Crippen LogP contribution in [0.25, 0.3) is 0 Å². The molecule has 1 aromatic carbocycles. The summed E-state index contributed by atoms with van der Waals surface area (Å²) in [6.07, 6.45) is 0. The monoisotopic (exact) mass is 306 g/mol. The Morgan fingerprint density at radius 3 is 2.27 bits per heavy atom. The lowest BCUT2D eigenvalue weighted by atomic mass is 10.0. The summed E-state index contributed by atoms with van der Waals surface area (Å²) in [6, 6.07) is 4.30. The average molecular weight is 306 g/mol. The molecule has 0 heterocycles. The van der Waals surface area contributed by atoms with Gasteiger partial charge in [-0.15, -0.1) is 0 Å². The second kappa shape index (κ2) is 7.59. The number of hydrogen-bond donors (Lipinski definition) is 3. The van der Waals surface area contributed by atoms with Gasteiger partial charge in [-0.1, -0.05) is 19.9 Å². The predicted octanol–water partition coefficient (Wildman–Crippen LogP) is 1.26. The molecular formula is C16H22N2O4. The fourth-order valence-electron chi connectivity index (χ4n) is 1.88. The minimum Gasteiger partial charge on any atom is -0.480 e. The van der Waals surface area contributed by atoms with Crippen molar-refractivity contribution in [2.45, 2.75) is 33.7 Å². The lowest BCUT2D eigenvalue weighted by molar-refractivity contribution is -0.142. The van der Waals surface area contributed by atoms with Crippen LogP contribution in [-0.2, 0) is 9.59 Å². The van der Waals surface area contributed by atoms with Gasteiger partial charge in [-0.3, -0.25) is 9.59 Å². The molecule has 0 aliphatic heterocycles. The van der Waals surface area contributed by atoms with E-state index in [2.05, 4.69) is 10.6 Å². The summed E-state index contributed by atoms with van der Waals surface area (Å²) in [5.74, 6) is -2.23. The van der Waals surface area contributed by atoms with Gasteiger partial charge in [0.1, 0.15) is 6.04 Å². The summed E-state index contributed by atoms with van der Waals surface area (Å²) < 4.78 is 0. The molecule has 120 valence electrons. The zero-order chi connectivity index (χ0) is 16.9. The molecule has 6 heteroatoms. The van der Waals surface area contributed by atoms with E-state index >= 15 is 0 Å². The Bertz CT molecular complexity index is 582. The third kappa shape index (κ3) is 4.87. The van der Waals surface area contributed by atoms with Gasteiger partial charge in [0.2, 0.25) is 5.91 Å². The molecule has 1 atom stereocenters. The molecule has 0 aliphatic rings. The van der Waals surface area contributed by atoms with Crippen molar-refractivity contribution >= 4 is 17.8 Å². The van der Waals surface area contributed by atoms with Crippen molar-refractivity contribution in [3.63, 3.8) is 0 Å². The van der Waals surface area contributed by atoms with E-state index in [1.54, 1.807) is 26.0 Å². The van der Waals surface area contributed by atoms with Crippen LogP contribution in [0, 0.1) is 19.8 Å². The van der Waals surface area contributed by atoms with E-state index in [-0.39, 0.29) is 18.4 Å². The Kier molecular flexibility index (Phi) is 6.10. The van der Waals surface area contributed by atoms with E-state index in [9.17, 15) is 14.4 Å². The number of carboxylic acid groups (broad SMARTS) is 1. The first-order valence-corrected chi connectivity index (χ1v) is 7.10. The third-order valence-corrected chi connectivity index (χ3v) is 3.43. The molecule has 1 aromatic rings. The minimum atomic E-state index is -1.09. The van der Waals surface area contributed by atoms with E-state index in [0.29, 0.717) is 5.56 Å². The van der Waals surface area contributed by atoms with Crippen LogP contribution in [0.4, 0.5) is 0 Å². The zero-order valence-corrected chi connectivity index (χ0v) is 13.3. The summed E-state index contributed by atoms with van der Waals surface area (Å²) in [5.41, 5.74) is 2.54. The molecule has 0 aliphatic carbocycles. The van der Waals surface area contributed by atoms with Crippen molar-refractivity contribution in [1.29, 1.82) is 0 Å².